The average Bonchev–Trinajstić information content (AvgIpc) is 3.35. The van der Waals surface area contributed by atoms with Gasteiger partial charge in [0.15, 0.2) is 0 Å². The molecule has 0 saturated heterocycles. The Morgan fingerprint density at radius 3 is 2.59 bits per heavy atom. The lowest BCUT2D eigenvalue weighted by Gasteiger charge is -2.09. The summed E-state index contributed by atoms with van der Waals surface area (Å²) in [5.74, 6) is -0.0469. The number of hydrogen-bond donors (Lipinski definition) is 2. The van der Waals surface area contributed by atoms with Crippen molar-refractivity contribution in [3.63, 3.8) is 0 Å². The number of carbonyl (C=O) groups is 2. The smallest absolute Gasteiger partial charge is 0.248 e. The van der Waals surface area contributed by atoms with Crippen LogP contribution in [0, 0.1) is 5.92 Å². The van der Waals surface area contributed by atoms with Gasteiger partial charge in [0, 0.05) is 21.2 Å². The molecule has 0 radical (unpaired) electrons. The van der Waals surface area contributed by atoms with Crippen molar-refractivity contribution in [2.24, 2.45) is 5.92 Å². The Hall–Kier alpha value is -1.72. The molecule has 2 aromatic rings. The van der Waals surface area contributed by atoms with Crippen LogP contribution in [0.5, 0.6) is 0 Å². The van der Waals surface area contributed by atoms with Crippen LogP contribution in [0.25, 0.3) is 10.8 Å². The van der Waals surface area contributed by atoms with Gasteiger partial charge in [0.1, 0.15) is 0 Å². The maximum absolute atomic E-state index is 11.8. The summed E-state index contributed by atoms with van der Waals surface area (Å²) in [5.41, 5.74) is 4.90. The van der Waals surface area contributed by atoms with Crippen LogP contribution in [-0.2, 0) is 9.59 Å². The minimum absolute atomic E-state index is 0.0739. The summed E-state index contributed by atoms with van der Waals surface area (Å²) in [4.78, 5) is 24.2. The van der Waals surface area contributed by atoms with E-state index in [0.29, 0.717) is 5.02 Å². The maximum atomic E-state index is 11.8. The summed E-state index contributed by atoms with van der Waals surface area (Å²) in [6.07, 6.45) is 1.82. The number of hydrogen-bond acceptors (Lipinski definition) is 3. The molecule has 2 aromatic carbocycles. The number of thioether (sulfide) groups is 1. The van der Waals surface area contributed by atoms with E-state index in [1.165, 1.54) is 11.8 Å². The minimum atomic E-state index is -0.233. The molecule has 0 aliphatic heterocycles. The van der Waals surface area contributed by atoms with Crippen LogP contribution in [0.1, 0.15) is 12.8 Å². The average molecular weight is 335 g/mol. The molecule has 0 atom stereocenters. The summed E-state index contributed by atoms with van der Waals surface area (Å²) in [6.45, 7) is 0. The molecule has 0 unspecified atom stereocenters. The third-order valence-electron chi connectivity index (χ3n) is 3.45. The van der Waals surface area contributed by atoms with Crippen molar-refractivity contribution < 1.29 is 9.59 Å². The molecule has 114 valence electrons. The fourth-order valence-corrected chi connectivity index (χ4v) is 3.39. The molecular formula is C16H15ClN2O2S. The molecule has 1 aliphatic rings. The van der Waals surface area contributed by atoms with Crippen molar-refractivity contribution in [2.45, 2.75) is 17.7 Å². The first-order valence-corrected chi connectivity index (χ1v) is 8.40. The molecule has 2 amide bonds. The first-order chi connectivity index (χ1) is 10.6. The number of amides is 2. The van der Waals surface area contributed by atoms with Crippen molar-refractivity contribution in [3.8, 4) is 0 Å². The molecule has 0 heterocycles. The van der Waals surface area contributed by atoms with Gasteiger partial charge in [-0.15, -0.1) is 11.8 Å². The molecule has 2 N–H and O–H groups in total. The summed E-state index contributed by atoms with van der Waals surface area (Å²) in [6, 6.07) is 11.6. The molecule has 6 heteroatoms. The van der Waals surface area contributed by atoms with E-state index in [1.54, 1.807) is 0 Å². The summed E-state index contributed by atoms with van der Waals surface area (Å²) in [5, 5.41) is 2.66. The van der Waals surface area contributed by atoms with Crippen molar-refractivity contribution in [3.05, 3.63) is 41.4 Å². The maximum Gasteiger partial charge on any atom is 0.248 e. The highest BCUT2D eigenvalue weighted by molar-refractivity contribution is 8.00. The molecule has 0 aromatic heterocycles. The van der Waals surface area contributed by atoms with Gasteiger partial charge in [-0.1, -0.05) is 35.9 Å². The zero-order valence-corrected chi connectivity index (χ0v) is 13.3. The summed E-state index contributed by atoms with van der Waals surface area (Å²) in [7, 11) is 0. The quantitative estimate of drug-likeness (QED) is 0.667. The van der Waals surface area contributed by atoms with Gasteiger partial charge in [0.05, 0.1) is 5.75 Å². The van der Waals surface area contributed by atoms with Gasteiger partial charge in [-0.25, -0.2) is 0 Å². The molecule has 3 rings (SSSR count). The molecular weight excluding hydrogens is 320 g/mol. The van der Waals surface area contributed by atoms with Crippen LogP contribution in [0.3, 0.4) is 0 Å². The highest BCUT2D eigenvalue weighted by Crippen LogP contribution is 2.33. The second-order valence-electron chi connectivity index (χ2n) is 5.19. The Morgan fingerprint density at radius 1 is 1.14 bits per heavy atom. The topological polar surface area (TPSA) is 58.2 Å². The van der Waals surface area contributed by atoms with Crippen LogP contribution >= 0.6 is 23.4 Å². The fourth-order valence-electron chi connectivity index (χ4n) is 2.14. The zero-order valence-electron chi connectivity index (χ0n) is 11.8. The monoisotopic (exact) mass is 334 g/mol. The Labute approximate surface area is 137 Å². The van der Waals surface area contributed by atoms with E-state index < -0.39 is 0 Å². The van der Waals surface area contributed by atoms with E-state index in [1.807, 2.05) is 36.4 Å². The highest BCUT2D eigenvalue weighted by atomic mass is 35.5. The second kappa shape index (κ2) is 6.58. The number of carbonyl (C=O) groups excluding carboxylic acids is 2. The van der Waals surface area contributed by atoms with E-state index >= 15 is 0 Å². The SMILES string of the molecule is O=C(CSc1cccc2cccc(Cl)c12)NNC(=O)C1CC1. The largest absolute Gasteiger partial charge is 0.273 e. The van der Waals surface area contributed by atoms with Crippen LogP contribution < -0.4 is 10.9 Å². The van der Waals surface area contributed by atoms with Crippen molar-refractivity contribution in [2.75, 3.05) is 5.75 Å². The molecule has 0 spiro atoms. The third-order valence-corrected chi connectivity index (χ3v) is 4.82. The van der Waals surface area contributed by atoms with Gasteiger partial charge < -0.3 is 0 Å². The molecule has 1 saturated carbocycles. The summed E-state index contributed by atoms with van der Waals surface area (Å²) < 4.78 is 0. The number of hydrazine groups is 1. The van der Waals surface area contributed by atoms with Crippen molar-refractivity contribution in [1.29, 1.82) is 0 Å². The minimum Gasteiger partial charge on any atom is -0.273 e. The molecule has 22 heavy (non-hydrogen) atoms. The number of nitrogens with one attached hydrogen (secondary N) is 2. The molecule has 4 nitrogen and oxygen atoms in total. The zero-order chi connectivity index (χ0) is 15.5. The lowest BCUT2D eigenvalue weighted by atomic mass is 10.1. The second-order valence-corrected chi connectivity index (χ2v) is 6.62. The number of rotatable bonds is 4. The van der Waals surface area contributed by atoms with Crippen molar-refractivity contribution >= 4 is 45.9 Å². The van der Waals surface area contributed by atoms with Gasteiger partial charge in [-0.05, 0) is 30.4 Å². The van der Waals surface area contributed by atoms with Crippen LogP contribution in [0.15, 0.2) is 41.3 Å². The van der Waals surface area contributed by atoms with E-state index in [-0.39, 0.29) is 23.5 Å². The van der Waals surface area contributed by atoms with Gasteiger partial charge in [0.25, 0.3) is 0 Å². The van der Waals surface area contributed by atoms with Gasteiger partial charge in [-0.2, -0.15) is 0 Å². The first kappa shape index (κ1) is 15.2. The number of benzene rings is 2. The highest BCUT2D eigenvalue weighted by Gasteiger charge is 2.29. The third kappa shape index (κ3) is 3.54. The molecule has 1 fully saturated rings. The predicted molar refractivity (Wildman–Crippen MR) is 88.7 cm³/mol. The fraction of sp³-hybridized carbons (Fsp3) is 0.250. The Morgan fingerprint density at radius 2 is 1.86 bits per heavy atom. The first-order valence-electron chi connectivity index (χ1n) is 7.04. The van der Waals surface area contributed by atoms with E-state index in [9.17, 15) is 9.59 Å². The molecule has 1 aliphatic carbocycles. The summed E-state index contributed by atoms with van der Waals surface area (Å²) >= 11 is 7.65. The van der Waals surface area contributed by atoms with E-state index in [4.69, 9.17) is 11.6 Å². The van der Waals surface area contributed by atoms with Crippen molar-refractivity contribution in [1.82, 2.24) is 10.9 Å². The number of halogens is 1. The van der Waals surface area contributed by atoms with Crippen LogP contribution in [0.2, 0.25) is 5.02 Å². The number of fused-ring (bicyclic) bond motifs is 1. The predicted octanol–water partition coefficient (Wildman–Crippen LogP) is 3.14. The van der Waals surface area contributed by atoms with Crippen LogP contribution in [-0.4, -0.2) is 17.6 Å². The molecule has 0 bridgehead atoms. The standard InChI is InChI=1S/C16H15ClN2O2S/c17-12-5-1-3-10-4-2-6-13(15(10)12)22-9-14(20)18-19-16(21)11-7-8-11/h1-6,11H,7-9H2,(H,18,20)(H,19,21). The lowest BCUT2D eigenvalue weighted by Crippen LogP contribution is -2.43. The lowest BCUT2D eigenvalue weighted by molar-refractivity contribution is -0.128. The normalized spacial score (nSPS) is 13.9. The van der Waals surface area contributed by atoms with E-state index in [0.717, 1.165) is 28.5 Å². The Bertz CT molecular complexity index is 726. The van der Waals surface area contributed by atoms with Gasteiger partial charge >= 0.3 is 0 Å². The Kier molecular flexibility index (Phi) is 4.55. The van der Waals surface area contributed by atoms with E-state index in [2.05, 4.69) is 10.9 Å². The van der Waals surface area contributed by atoms with Crippen LogP contribution in [0.4, 0.5) is 0 Å². The Balaban J connectivity index is 1.61. The van der Waals surface area contributed by atoms with Gasteiger partial charge in [0.2, 0.25) is 11.8 Å². The van der Waals surface area contributed by atoms with Gasteiger partial charge in [-0.3, -0.25) is 20.4 Å².